The van der Waals surface area contributed by atoms with E-state index < -0.39 is 0 Å². The van der Waals surface area contributed by atoms with Crippen molar-refractivity contribution in [3.8, 4) is 56.4 Å². The first-order valence-corrected chi connectivity index (χ1v) is 16.6. The Kier molecular flexibility index (Phi) is 6.42. The lowest BCUT2D eigenvalue weighted by Gasteiger charge is -2.14. The molecule has 3 heterocycles. The van der Waals surface area contributed by atoms with Gasteiger partial charge in [-0.2, -0.15) is 0 Å². The molecule has 50 heavy (non-hydrogen) atoms. The highest BCUT2D eigenvalue weighted by atomic mass is 16.3. The minimum Gasteiger partial charge on any atom is -0.456 e. The molecule has 0 saturated carbocycles. The summed E-state index contributed by atoms with van der Waals surface area (Å²) in [6, 6.07) is 55.7. The number of nitrogens with zero attached hydrogens (tertiary/aromatic N) is 3. The molecule has 7 aromatic carbocycles. The van der Waals surface area contributed by atoms with E-state index in [0.717, 1.165) is 82.8 Å². The van der Waals surface area contributed by atoms with Crippen LogP contribution in [0.4, 0.5) is 0 Å². The van der Waals surface area contributed by atoms with E-state index >= 15 is 0 Å². The van der Waals surface area contributed by atoms with E-state index in [4.69, 9.17) is 23.8 Å². The molecule has 10 aromatic rings. The summed E-state index contributed by atoms with van der Waals surface area (Å²) in [6.07, 6.45) is 0. The van der Waals surface area contributed by atoms with Gasteiger partial charge in [-0.1, -0.05) is 133 Å². The van der Waals surface area contributed by atoms with Gasteiger partial charge in [-0.3, -0.25) is 0 Å². The van der Waals surface area contributed by atoms with Gasteiger partial charge in [0.1, 0.15) is 22.3 Å². The first kappa shape index (κ1) is 28.2. The van der Waals surface area contributed by atoms with Crippen LogP contribution in [0.15, 0.2) is 173 Å². The Morgan fingerprint density at radius 2 is 0.920 bits per heavy atom. The maximum atomic E-state index is 6.42. The van der Waals surface area contributed by atoms with Crippen LogP contribution in [0, 0.1) is 0 Å². The molecule has 0 radical (unpaired) electrons. The molecule has 0 atom stereocenters. The molecule has 0 N–H and O–H groups in total. The van der Waals surface area contributed by atoms with E-state index in [0.29, 0.717) is 17.5 Å². The summed E-state index contributed by atoms with van der Waals surface area (Å²) in [5, 5.41) is 4.24. The molecular weight excluding hydrogens is 615 g/mol. The van der Waals surface area contributed by atoms with E-state index in [2.05, 4.69) is 84.9 Å². The monoisotopic (exact) mass is 641 g/mol. The minimum atomic E-state index is 0.553. The van der Waals surface area contributed by atoms with E-state index in [1.54, 1.807) is 0 Å². The third-order valence-corrected chi connectivity index (χ3v) is 9.35. The zero-order chi connectivity index (χ0) is 33.0. The number of fused-ring (bicyclic) bond motifs is 6. The fourth-order valence-corrected chi connectivity index (χ4v) is 7.05. The lowest BCUT2D eigenvalue weighted by atomic mass is 9.90. The van der Waals surface area contributed by atoms with Crippen molar-refractivity contribution in [1.82, 2.24) is 15.0 Å². The summed E-state index contributed by atoms with van der Waals surface area (Å²) in [6.45, 7) is 0. The Balaban J connectivity index is 1.21. The maximum absolute atomic E-state index is 6.42. The molecule has 10 rings (SSSR count). The number of aromatic nitrogens is 3. The Hall–Kier alpha value is -6.85. The molecule has 0 aliphatic rings. The van der Waals surface area contributed by atoms with Crippen LogP contribution in [0.25, 0.3) is 100 Å². The molecule has 234 valence electrons. The van der Waals surface area contributed by atoms with Crippen molar-refractivity contribution in [3.63, 3.8) is 0 Å². The zero-order valence-electron chi connectivity index (χ0n) is 26.7. The van der Waals surface area contributed by atoms with E-state index in [1.165, 1.54) is 0 Å². The average Bonchev–Trinajstić information content (AvgIpc) is 3.77. The summed E-state index contributed by atoms with van der Waals surface area (Å²) in [5.74, 6) is 1.73. The molecule has 0 fully saturated rings. The minimum absolute atomic E-state index is 0.553. The number of furan rings is 2. The number of benzene rings is 7. The Morgan fingerprint density at radius 3 is 1.72 bits per heavy atom. The topological polar surface area (TPSA) is 65.0 Å². The molecule has 0 aliphatic carbocycles. The van der Waals surface area contributed by atoms with Gasteiger partial charge in [-0.15, -0.1) is 0 Å². The lowest BCUT2D eigenvalue weighted by molar-refractivity contribution is 0.669. The molecule has 5 nitrogen and oxygen atoms in total. The summed E-state index contributed by atoms with van der Waals surface area (Å²) in [4.78, 5) is 15.2. The van der Waals surface area contributed by atoms with Crippen molar-refractivity contribution >= 4 is 43.9 Å². The van der Waals surface area contributed by atoms with Gasteiger partial charge in [0, 0.05) is 38.2 Å². The third kappa shape index (κ3) is 4.60. The van der Waals surface area contributed by atoms with Crippen molar-refractivity contribution in [1.29, 1.82) is 0 Å². The predicted molar refractivity (Wildman–Crippen MR) is 202 cm³/mol. The summed E-state index contributed by atoms with van der Waals surface area (Å²) in [7, 11) is 0. The molecule has 3 aromatic heterocycles. The van der Waals surface area contributed by atoms with E-state index in [1.807, 2.05) is 78.9 Å². The van der Waals surface area contributed by atoms with Gasteiger partial charge in [-0.05, 0) is 47.0 Å². The van der Waals surface area contributed by atoms with Crippen LogP contribution in [0.5, 0.6) is 0 Å². The smallest absolute Gasteiger partial charge is 0.167 e. The van der Waals surface area contributed by atoms with Crippen LogP contribution >= 0.6 is 0 Å². The van der Waals surface area contributed by atoms with Gasteiger partial charge in [0.25, 0.3) is 0 Å². The quantitative estimate of drug-likeness (QED) is 0.187. The fourth-order valence-electron chi connectivity index (χ4n) is 7.05. The highest BCUT2D eigenvalue weighted by Crippen LogP contribution is 2.43. The summed E-state index contributed by atoms with van der Waals surface area (Å²) < 4.78 is 12.8. The van der Waals surface area contributed by atoms with Crippen LogP contribution in [0.1, 0.15) is 0 Å². The second-order valence-electron chi connectivity index (χ2n) is 12.4. The predicted octanol–water partition coefficient (Wildman–Crippen LogP) is 12.0. The van der Waals surface area contributed by atoms with Crippen LogP contribution in [-0.2, 0) is 0 Å². The maximum Gasteiger partial charge on any atom is 0.167 e. The fraction of sp³-hybridized carbons (Fsp3) is 0. The SMILES string of the molecule is c1ccc(-c2nc(-c3cccc(-c4c(-c5ccccc5)ccc5oc6ccccc6c45)c3)nc(-c3cccc4c3oc3ccccc34)n2)cc1. The largest absolute Gasteiger partial charge is 0.456 e. The van der Waals surface area contributed by atoms with E-state index in [9.17, 15) is 0 Å². The molecular formula is C45H27N3O2. The molecule has 0 saturated heterocycles. The molecule has 0 aliphatic heterocycles. The van der Waals surface area contributed by atoms with Crippen molar-refractivity contribution < 1.29 is 8.83 Å². The molecule has 5 heteroatoms. The van der Waals surface area contributed by atoms with Crippen LogP contribution in [0.3, 0.4) is 0 Å². The number of hydrogen-bond acceptors (Lipinski definition) is 5. The van der Waals surface area contributed by atoms with E-state index in [-0.39, 0.29) is 0 Å². The van der Waals surface area contributed by atoms with Gasteiger partial charge in [0.05, 0.1) is 5.56 Å². The van der Waals surface area contributed by atoms with Gasteiger partial charge in [0.2, 0.25) is 0 Å². The van der Waals surface area contributed by atoms with Crippen molar-refractivity contribution in [2.75, 3.05) is 0 Å². The molecule has 0 amide bonds. The Labute approximate surface area is 287 Å². The van der Waals surface area contributed by atoms with Gasteiger partial charge in [-0.25, -0.2) is 15.0 Å². The van der Waals surface area contributed by atoms with Crippen molar-refractivity contribution in [2.45, 2.75) is 0 Å². The van der Waals surface area contributed by atoms with Crippen LogP contribution < -0.4 is 0 Å². The van der Waals surface area contributed by atoms with Gasteiger partial charge < -0.3 is 8.83 Å². The van der Waals surface area contributed by atoms with Crippen molar-refractivity contribution in [2.24, 2.45) is 0 Å². The molecule has 0 bridgehead atoms. The second-order valence-corrected chi connectivity index (χ2v) is 12.4. The normalized spacial score (nSPS) is 11.6. The van der Waals surface area contributed by atoms with Crippen LogP contribution in [0.2, 0.25) is 0 Å². The average molecular weight is 642 g/mol. The third-order valence-electron chi connectivity index (χ3n) is 9.35. The highest BCUT2D eigenvalue weighted by Gasteiger charge is 2.20. The van der Waals surface area contributed by atoms with Crippen LogP contribution in [-0.4, -0.2) is 15.0 Å². The highest BCUT2D eigenvalue weighted by molar-refractivity contribution is 6.16. The molecule has 0 spiro atoms. The number of para-hydroxylation sites is 3. The standard InChI is InChI=1S/C45H27N3O2/c1-3-13-28(14-4-1)32-25-26-39-41(35-20-8-10-24-38(35)49-39)40(32)30-17-11-18-31(27-30)44-46-43(29-15-5-2-6-16-29)47-45(48-44)36-22-12-21-34-33-19-7-9-23-37(33)50-42(34)36/h1-27H. The summed E-state index contributed by atoms with van der Waals surface area (Å²) >= 11 is 0. The first-order valence-electron chi connectivity index (χ1n) is 16.6. The van der Waals surface area contributed by atoms with Gasteiger partial charge in [0.15, 0.2) is 17.5 Å². The second kappa shape index (κ2) is 11.4. The number of hydrogen-bond donors (Lipinski definition) is 0. The summed E-state index contributed by atoms with van der Waals surface area (Å²) in [5.41, 5.74) is 10.3. The Bertz CT molecular complexity index is 2870. The molecule has 0 unspecified atom stereocenters. The zero-order valence-corrected chi connectivity index (χ0v) is 26.7. The first-order chi connectivity index (χ1) is 24.8. The number of rotatable bonds is 5. The van der Waals surface area contributed by atoms with Gasteiger partial charge >= 0.3 is 0 Å². The Morgan fingerprint density at radius 1 is 0.340 bits per heavy atom. The lowest BCUT2D eigenvalue weighted by Crippen LogP contribution is -2.00. The van der Waals surface area contributed by atoms with Crippen molar-refractivity contribution in [3.05, 3.63) is 164 Å².